The van der Waals surface area contributed by atoms with Gasteiger partial charge in [-0.05, 0) is 45.0 Å². The molecule has 1 fully saturated rings. The van der Waals surface area contributed by atoms with E-state index in [2.05, 4.69) is 10.3 Å². The summed E-state index contributed by atoms with van der Waals surface area (Å²) in [4.78, 5) is 6.60. The zero-order valence-corrected chi connectivity index (χ0v) is 16.5. The number of guanidine groups is 1. The van der Waals surface area contributed by atoms with Crippen LogP contribution in [0.2, 0.25) is 0 Å². The summed E-state index contributed by atoms with van der Waals surface area (Å²) in [5, 5.41) is 3.23. The normalized spacial score (nSPS) is 19.2. The number of hydrogen-bond acceptors (Lipinski definition) is 4. The number of rotatable bonds is 6. The molecule has 0 spiro atoms. The summed E-state index contributed by atoms with van der Waals surface area (Å²) in [5.74, 6) is 1.21. The molecule has 0 unspecified atom stereocenters. The molecule has 0 aliphatic carbocycles. The van der Waals surface area contributed by atoms with Crippen molar-refractivity contribution in [2.75, 3.05) is 38.5 Å². The van der Waals surface area contributed by atoms with Crippen LogP contribution in [0.25, 0.3) is 0 Å². The summed E-state index contributed by atoms with van der Waals surface area (Å²) in [5.41, 5.74) is 0. The molecule has 0 atom stereocenters. The van der Waals surface area contributed by atoms with E-state index in [1.807, 2.05) is 11.8 Å². The SMILES string of the molecule is CCNC(=NCCCOc1ccc(F)cc1)N1CCS(=O)(=O)C(C)(C)C1. The average Bonchev–Trinajstić information content (AvgIpc) is 2.58. The van der Waals surface area contributed by atoms with Gasteiger partial charge in [0.05, 0.1) is 17.1 Å². The van der Waals surface area contributed by atoms with Gasteiger partial charge < -0.3 is 15.0 Å². The summed E-state index contributed by atoms with van der Waals surface area (Å²) in [7, 11) is -3.08. The molecular weight excluding hydrogens is 357 g/mol. The van der Waals surface area contributed by atoms with E-state index in [0.717, 1.165) is 5.96 Å². The van der Waals surface area contributed by atoms with Crippen LogP contribution in [0.1, 0.15) is 27.2 Å². The van der Waals surface area contributed by atoms with Gasteiger partial charge >= 0.3 is 0 Å². The lowest BCUT2D eigenvalue weighted by atomic mass is 10.2. The van der Waals surface area contributed by atoms with Crippen molar-refractivity contribution in [3.63, 3.8) is 0 Å². The Morgan fingerprint density at radius 1 is 1.35 bits per heavy atom. The van der Waals surface area contributed by atoms with Crippen LogP contribution in [0.15, 0.2) is 29.3 Å². The van der Waals surface area contributed by atoms with Crippen molar-refractivity contribution in [1.82, 2.24) is 10.2 Å². The third-order valence-corrected chi connectivity index (χ3v) is 6.86. The fourth-order valence-corrected chi connectivity index (χ4v) is 4.09. The Hall–Kier alpha value is -1.83. The van der Waals surface area contributed by atoms with Crippen LogP contribution in [0, 0.1) is 5.82 Å². The molecule has 1 heterocycles. The first kappa shape index (κ1) is 20.5. The van der Waals surface area contributed by atoms with Crippen molar-refractivity contribution in [3.8, 4) is 5.75 Å². The molecule has 0 radical (unpaired) electrons. The number of halogens is 1. The highest BCUT2D eigenvalue weighted by atomic mass is 32.2. The zero-order valence-electron chi connectivity index (χ0n) is 15.7. The van der Waals surface area contributed by atoms with E-state index in [1.54, 1.807) is 26.0 Å². The highest BCUT2D eigenvalue weighted by Gasteiger charge is 2.40. The number of nitrogens with zero attached hydrogens (tertiary/aromatic N) is 2. The van der Waals surface area contributed by atoms with Crippen molar-refractivity contribution in [3.05, 3.63) is 30.1 Å². The molecule has 1 aromatic carbocycles. The van der Waals surface area contributed by atoms with Crippen molar-refractivity contribution >= 4 is 15.8 Å². The van der Waals surface area contributed by atoms with Crippen LogP contribution in [0.3, 0.4) is 0 Å². The number of benzene rings is 1. The van der Waals surface area contributed by atoms with Gasteiger partial charge in [0.2, 0.25) is 0 Å². The molecule has 2 rings (SSSR count). The van der Waals surface area contributed by atoms with Crippen LogP contribution < -0.4 is 10.1 Å². The van der Waals surface area contributed by atoms with Crippen molar-refractivity contribution in [1.29, 1.82) is 0 Å². The topological polar surface area (TPSA) is 71.0 Å². The van der Waals surface area contributed by atoms with E-state index in [0.29, 0.717) is 45.0 Å². The van der Waals surface area contributed by atoms with Gasteiger partial charge in [-0.3, -0.25) is 4.99 Å². The second kappa shape index (κ2) is 8.70. The van der Waals surface area contributed by atoms with Crippen LogP contribution in [0.5, 0.6) is 5.75 Å². The summed E-state index contributed by atoms with van der Waals surface area (Å²) in [6, 6.07) is 5.92. The predicted molar refractivity (Wildman–Crippen MR) is 102 cm³/mol. The maximum Gasteiger partial charge on any atom is 0.193 e. The van der Waals surface area contributed by atoms with Gasteiger partial charge in [-0.15, -0.1) is 0 Å². The monoisotopic (exact) mass is 385 g/mol. The number of aliphatic imine (C=N–C) groups is 1. The first-order valence-corrected chi connectivity index (χ1v) is 10.5. The quantitative estimate of drug-likeness (QED) is 0.461. The lowest BCUT2D eigenvalue weighted by Crippen LogP contribution is -2.57. The summed E-state index contributed by atoms with van der Waals surface area (Å²) < 4.78 is 41.9. The number of sulfone groups is 1. The first-order chi connectivity index (χ1) is 12.2. The highest BCUT2D eigenvalue weighted by molar-refractivity contribution is 7.92. The first-order valence-electron chi connectivity index (χ1n) is 8.89. The molecule has 26 heavy (non-hydrogen) atoms. The van der Waals surface area contributed by atoms with Gasteiger partial charge in [0.25, 0.3) is 0 Å². The Morgan fingerprint density at radius 2 is 2.04 bits per heavy atom. The smallest absolute Gasteiger partial charge is 0.193 e. The van der Waals surface area contributed by atoms with Crippen molar-refractivity contribution in [2.45, 2.75) is 31.9 Å². The largest absolute Gasteiger partial charge is 0.494 e. The molecule has 0 saturated carbocycles. The molecule has 0 aromatic heterocycles. The molecule has 146 valence electrons. The molecule has 6 nitrogen and oxygen atoms in total. The van der Waals surface area contributed by atoms with Crippen molar-refractivity contribution < 1.29 is 17.5 Å². The maximum atomic E-state index is 12.8. The lowest BCUT2D eigenvalue weighted by Gasteiger charge is -2.39. The molecule has 1 N–H and O–H groups in total. The number of hydrogen-bond donors (Lipinski definition) is 1. The molecule has 1 aliphatic heterocycles. The van der Waals surface area contributed by atoms with E-state index in [-0.39, 0.29) is 11.6 Å². The minimum atomic E-state index is -3.08. The second-order valence-corrected chi connectivity index (χ2v) is 9.63. The number of nitrogens with one attached hydrogen (secondary N) is 1. The van der Waals surface area contributed by atoms with E-state index in [1.165, 1.54) is 12.1 Å². The third-order valence-electron chi connectivity index (χ3n) is 4.32. The molecule has 1 aromatic rings. The Balaban J connectivity index is 1.87. The zero-order chi connectivity index (χ0) is 19.2. The van der Waals surface area contributed by atoms with Gasteiger partial charge in [0.1, 0.15) is 11.6 Å². The Morgan fingerprint density at radius 3 is 2.65 bits per heavy atom. The van der Waals surface area contributed by atoms with Gasteiger partial charge in [0.15, 0.2) is 15.8 Å². The molecule has 1 aliphatic rings. The van der Waals surface area contributed by atoms with Gasteiger partial charge in [-0.1, -0.05) is 0 Å². The average molecular weight is 386 g/mol. The fraction of sp³-hybridized carbons (Fsp3) is 0.611. The summed E-state index contributed by atoms with van der Waals surface area (Å²) in [6.45, 7) is 8.13. The minimum absolute atomic E-state index is 0.137. The second-order valence-electron chi connectivity index (χ2n) is 6.89. The maximum absolute atomic E-state index is 12.8. The van der Waals surface area contributed by atoms with E-state index < -0.39 is 14.6 Å². The van der Waals surface area contributed by atoms with Gasteiger partial charge in [-0.25, -0.2) is 12.8 Å². The minimum Gasteiger partial charge on any atom is -0.494 e. The number of ether oxygens (including phenoxy) is 1. The molecular formula is C18H28FN3O3S. The van der Waals surface area contributed by atoms with Crippen LogP contribution in [-0.4, -0.2) is 62.6 Å². The molecule has 0 bridgehead atoms. The van der Waals surface area contributed by atoms with E-state index in [9.17, 15) is 12.8 Å². The Kier molecular flexibility index (Phi) is 6.86. The van der Waals surface area contributed by atoms with E-state index >= 15 is 0 Å². The van der Waals surface area contributed by atoms with Gasteiger partial charge in [0, 0.05) is 32.6 Å². The highest BCUT2D eigenvalue weighted by Crippen LogP contribution is 2.23. The van der Waals surface area contributed by atoms with Crippen LogP contribution in [0.4, 0.5) is 4.39 Å². The molecule has 8 heteroatoms. The molecule has 0 amide bonds. The lowest BCUT2D eigenvalue weighted by molar-refractivity contribution is 0.312. The predicted octanol–water partition coefficient (Wildman–Crippen LogP) is 2.07. The molecule has 1 saturated heterocycles. The van der Waals surface area contributed by atoms with Gasteiger partial charge in [-0.2, -0.15) is 0 Å². The third kappa shape index (κ3) is 5.33. The van der Waals surface area contributed by atoms with Crippen LogP contribution in [-0.2, 0) is 9.84 Å². The van der Waals surface area contributed by atoms with E-state index in [4.69, 9.17) is 4.74 Å². The summed E-state index contributed by atoms with van der Waals surface area (Å²) >= 11 is 0. The fourth-order valence-electron chi connectivity index (χ4n) is 2.72. The Labute approximate surface area is 155 Å². The summed E-state index contributed by atoms with van der Waals surface area (Å²) in [6.07, 6.45) is 0.710. The van der Waals surface area contributed by atoms with Crippen LogP contribution >= 0.6 is 0 Å². The van der Waals surface area contributed by atoms with Crippen molar-refractivity contribution in [2.24, 2.45) is 4.99 Å². The standard InChI is InChI=1S/C18H28FN3O3S/c1-4-20-17(22-11-13-26(23,24)18(2,3)14-22)21-10-5-12-25-16-8-6-15(19)7-9-16/h6-9H,4-5,10-14H2,1-3H3,(H,20,21). The Bertz CT molecular complexity index is 718.